The number of rotatable bonds is 3. The topological polar surface area (TPSA) is 9.23 Å². The van der Waals surface area contributed by atoms with Gasteiger partial charge in [-0.05, 0) is 24.6 Å². The van der Waals surface area contributed by atoms with Gasteiger partial charge >= 0.3 is 0 Å². The zero-order valence-electron chi connectivity index (χ0n) is 9.60. The Kier molecular flexibility index (Phi) is 3.87. The molecule has 0 unspecified atom stereocenters. The molecule has 1 saturated heterocycles. The van der Waals surface area contributed by atoms with Crippen LogP contribution < -0.4 is 4.74 Å². The van der Waals surface area contributed by atoms with E-state index in [9.17, 15) is 0 Å². The summed E-state index contributed by atoms with van der Waals surface area (Å²) in [7, 11) is 1.69. The van der Waals surface area contributed by atoms with Crippen LogP contribution in [0.2, 0.25) is 0 Å². The molecule has 1 aliphatic rings. The van der Waals surface area contributed by atoms with E-state index < -0.39 is 0 Å². The molecular weight excluding hydrogens is 236 g/mol. The fraction of sp³-hybridized carbons (Fsp3) is 0.385. The number of benzene rings is 1. The molecule has 1 heterocycles. The quantitative estimate of drug-likeness (QED) is 0.807. The Bertz CT molecular complexity index is 364. The third kappa shape index (κ3) is 2.98. The van der Waals surface area contributed by atoms with Gasteiger partial charge < -0.3 is 4.74 Å². The Morgan fingerprint density at radius 1 is 1.19 bits per heavy atom. The highest BCUT2D eigenvalue weighted by Gasteiger charge is 2.26. The fourth-order valence-electron chi connectivity index (χ4n) is 1.59. The molecule has 0 saturated carbocycles. The maximum absolute atomic E-state index is 5.13. The van der Waals surface area contributed by atoms with Crippen molar-refractivity contribution in [2.24, 2.45) is 0 Å². The highest BCUT2D eigenvalue weighted by atomic mass is 32.2. The first-order chi connectivity index (χ1) is 7.72. The lowest BCUT2D eigenvalue weighted by Gasteiger charge is -2.15. The summed E-state index contributed by atoms with van der Waals surface area (Å²) in [5.74, 6) is 3.43. The van der Waals surface area contributed by atoms with Gasteiger partial charge in [0.2, 0.25) is 0 Å². The molecule has 2 rings (SSSR count). The Labute approximate surface area is 106 Å². The summed E-state index contributed by atoms with van der Waals surface area (Å²) in [4.78, 5) is 0. The highest BCUT2D eigenvalue weighted by molar-refractivity contribution is 8.21. The van der Waals surface area contributed by atoms with Crippen LogP contribution in [0.5, 0.6) is 5.75 Å². The Balaban J connectivity index is 2.05. The van der Waals surface area contributed by atoms with Crippen molar-refractivity contribution in [1.29, 1.82) is 0 Å². The van der Waals surface area contributed by atoms with Crippen molar-refractivity contribution in [2.45, 2.75) is 11.0 Å². The molecule has 0 aromatic heterocycles. The first-order valence-electron chi connectivity index (χ1n) is 5.33. The third-order valence-corrected chi connectivity index (χ3v) is 5.76. The third-order valence-electron chi connectivity index (χ3n) is 2.55. The van der Waals surface area contributed by atoms with E-state index in [1.807, 2.05) is 35.7 Å². The van der Waals surface area contributed by atoms with Gasteiger partial charge in [-0.3, -0.25) is 0 Å². The summed E-state index contributed by atoms with van der Waals surface area (Å²) < 4.78 is 5.40. The maximum atomic E-state index is 5.13. The minimum absolute atomic E-state index is 0.264. The van der Waals surface area contributed by atoms with E-state index in [1.165, 1.54) is 17.1 Å². The summed E-state index contributed by atoms with van der Waals surface area (Å²) in [6.45, 7) is 2.29. The first-order valence-corrected chi connectivity index (χ1v) is 7.30. The number of methoxy groups -OCH3 is 1. The standard InChI is InChI=1S/C13H16OS2/c1-13(15-9-10-16-13)8-7-11-3-5-12(14-2)6-4-11/h3-8H,9-10H2,1-2H3/b8-7+. The van der Waals surface area contributed by atoms with Gasteiger partial charge in [-0.1, -0.05) is 24.3 Å². The predicted molar refractivity (Wildman–Crippen MR) is 75.3 cm³/mol. The fourth-order valence-corrected chi connectivity index (χ4v) is 4.23. The van der Waals surface area contributed by atoms with E-state index in [0.29, 0.717) is 0 Å². The molecule has 16 heavy (non-hydrogen) atoms. The van der Waals surface area contributed by atoms with Gasteiger partial charge in [0.15, 0.2) is 0 Å². The van der Waals surface area contributed by atoms with Crippen molar-refractivity contribution in [3.8, 4) is 5.75 Å². The summed E-state index contributed by atoms with van der Waals surface area (Å²) in [6.07, 6.45) is 4.50. The first kappa shape index (κ1) is 11.9. The predicted octanol–water partition coefficient (Wildman–Crippen LogP) is 3.90. The van der Waals surface area contributed by atoms with E-state index in [-0.39, 0.29) is 4.08 Å². The lowest BCUT2D eigenvalue weighted by molar-refractivity contribution is 0.415. The maximum Gasteiger partial charge on any atom is 0.118 e. The zero-order chi connectivity index (χ0) is 11.4. The molecule has 0 spiro atoms. The minimum Gasteiger partial charge on any atom is -0.497 e. The molecule has 0 bridgehead atoms. The van der Waals surface area contributed by atoms with Crippen LogP contribution >= 0.6 is 23.5 Å². The van der Waals surface area contributed by atoms with Gasteiger partial charge in [0.25, 0.3) is 0 Å². The van der Waals surface area contributed by atoms with E-state index in [0.717, 1.165) is 5.75 Å². The molecule has 86 valence electrons. The summed E-state index contributed by atoms with van der Waals surface area (Å²) in [6, 6.07) is 8.17. The molecule has 1 aliphatic heterocycles. The lowest BCUT2D eigenvalue weighted by Crippen LogP contribution is -2.04. The van der Waals surface area contributed by atoms with Crippen LogP contribution in [0.25, 0.3) is 6.08 Å². The number of hydrogen-bond acceptors (Lipinski definition) is 3. The van der Waals surface area contributed by atoms with Crippen LogP contribution in [0, 0.1) is 0 Å². The molecular formula is C13H16OS2. The summed E-state index contributed by atoms with van der Waals surface area (Å²) >= 11 is 4.05. The molecule has 1 nitrogen and oxygen atoms in total. The minimum atomic E-state index is 0.264. The molecule has 0 radical (unpaired) electrons. The van der Waals surface area contributed by atoms with Crippen molar-refractivity contribution in [1.82, 2.24) is 0 Å². The molecule has 1 aromatic rings. The lowest BCUT2D eigenvalue weighted by atomic mass is 10.2. The smallest absolute Gasteiger partial charge is 0.118 e. The summed E-state index contributed by atoms with van der Waals surface area (Å²) in [5, 5.41) is 0. The second-order valence-corrected chi connectivity index (χ2v) is 7.17. The van der Waals surface area contributed by atoms with Crippen molar-refractivity contribution >= 4 is 29.6 Å². The van der Waals surface area contributed by atoms with Crippen LogP contribution in [-0.4, -0.2) is 22.7 Å². The molecule has 0 amide bonds. The van der Waals surface area contributed by atoms with Crippen molar-refractivity contribution < 1.29 is 4.74 Å². The van der Waals surface area contributed by atoms with Crippen LogP contribution in [0.1, 0.15) is 12.5 Å². The van der Waals surface area contributed by atoms with Crippen LogP contribution in [0.4, 0.5) is 0 Å². The molecule has 1 fully saturated rings. The van der Waals surface area contributed by atoms with Crippen LogP contribution in [0.15, 0.2) is 30.3 Å². The Hall–Kier alpha value is -0.540. The van der Waals surface area contributed by atoms with Gasteiger partial charge in [0, 0.05) is 11.5 Å². The van der Waals surface area contributed by atoms with Gasteiger partial charge in [-0.15, -0.1) is 23.5 Å². The average Bonchev–Trinajstić information content (AvgIpc) is 2.75. The largest absolute Gasteiger partial charge is 0.497 e. The Morgan fingerprint density at radius 2 is 1.81 bits per heavy atom. The van der Waals surface area contributed by atoms with E-state index in [2.05, 4.69) is 31.2 Å². The van der Waals surface area contributed by atoms with Gasteiger partial charge in [0.05, 0.1) is 11.2 Å². The van der Waals surface area contributed by atoms with Crippen molar-refractivity contribution in [3.63, 3.8) is 0 Å². The number of hydrogen-bond donors (Lipinski definition) is 0. The van der Waals surface area contributed by atoms with Crippen LogP contribution in [0.3, 0.4) is 0 Å². The second-order valence-electron chi connectivity index (χ2n) is 3.82. The summed E-state index contributed by atoms with van der Waals surface area (Å²) in [5.41, 5.74) is 1.23. The SMILES string of the molecule is COc1ccc(/C=C/C2(C)SCCS2)cc1. The normalized spacial score (nSPS) is 19.1. The monoisotopic (exact) mass is 252 g/mol. The number of ether oxygens (including phenoxy) is 1. The zero-order valence-corrected chi connectivity index (χ0v) is 11.2. The van der Waals surface area contributed by atoms with Gasteiger partial charge in [-0.25, -0.2) is 0 Å². The Morgan fingerprint density at radius 3 is 2.38 bits per heavy atom. The average molecular weight is 252 g/mol. The van der Waals surface area contributed by atoms with Crippen molar-refractivity contribution in [3.05, 3.63) is 35.9 Å². The number of thioether (sulfide) groups is 2. The van der Waals surface area contributed by atoms with Crippen molar-refractivity contribution in [2.75, 3.05) is 18.6 Å². The molecule has 3 heteroatoms. The van der Waals surface area contributed by atoms with Crippen LogP contribution in [-0.2, 0) is 0 Å². The van der Waals surface area contributed by atoms with E-state index in [4.69, 9.17) is 4.74 Å². The van der Waals surface area contributed by atoms with Gasteiger partial charge in [-0.2, -0.15) is 0 Å². The van der Waals surface area contributed by atoms with Gasteiger partial charge in [0.1, 0.15) is 5.75 Å². The second kappa shape index (κ2) is 5.19. The van der Waals surface area contributed by atoms with E-state index in [1.54, 1.807) is 7.11 Å². The molecule has 0 N–H and O–H groups in total. The molecule has 0 atom stereocenters. The van der Waals surface area contributed by atoms with E-state index >= 15 is 0 Å². The highest BCUT2D eigenvalue weighted by Crippen LogP contribution is 2.44. The molecule has 0 aliphatic carbocycles. The molecule has 1 aromatic carbocycles.